The molecule has 166 valence electrons. The maximum Gasteiger partial charge on any atom is 0.416 e. The molecule has 0 radical (unpaired) electrons. The Bertz CT molecular complexity index is 849. The highest BCUT2D eigenvalue weighted by Crippen LogP contribution is 2.31. The van der Waals surface area contributed by atoms with Gasteiger partial charge < -0.3 is 15.2 Å². The van der Waals surface area contributed by atoms with E-state index in [0.717, 1.165) is 43.5 Å². The third-order valence-corrected chi connectivity index (χ3v) is 5.23. The third-order valence-electron chi connectivity index (χ3n) is 5.23. The minimum atomic E-state index is -4.32. The van der Waals surface area contributed by atoms with Crippen molar-refractivity contribution in [2.45, 2.75) is 57.8 Å². The number of benzene rings is 1. The van der Waals surface area contributed by atoms with Crippen LogP contribution >= 0.6 is 24.0 Å². The number of aryl methyl sites for hydroxylation is 1. The van der Waals surface area contributed by atoms with Crippen molar-refractivity contribution in [2.75, 3.05) is 13.6 Å². The van der Waals surface area contributed by atoms with Crippen molar-refractivity contribution in [2.24, 2.45) is 4.99 Å². The van der Waals surface area contributed by atoms with Crippen molar-refractivity contribution in [3.05, 3.63) is 47.0 Å². The van der Waals surface area contributed by atoms with Gasteiger partial charge in [0.25, 0.3) is 0 Å². The van der Waals surface area contributed by atoms with Gasteiger partial charge in [0, 0.05) is 26.6 Å². The lowest BCUT2D eigenvalue weighted by Crippen LogP contribution is -2.38. The Kier molecular flexibility index (Phi) is 8.92. The number of hydrogen-bond acceptors (Lipinski definition) is 3. The normalized spacial score (nSPS) is 15.2. The topological polar surface area (TPSA) is 67.1 Å². The highest BCUT2D eigenvalue weighted by molar-refractivity contribution is 14.0. The molecule has 0 spiro atoms. The van der Waals surface area contributed by atoms with Gasteiger partial charge in [0.2, 0.25) is 0 Å². The molecule has 2 heterocycles. The maximum atomic E-state index is 12.9. The molecule has 1 atom stereocenters. The number of aromatic nitrogens is 3. The van der Waals surface area contributed by atoms with Gasteiger partial charge in [0.15, 0.2) is 11.8 Å². The van der Waals surface area contributed by atoms with E-state index in [-0.39, 0.29) is 29.9 Å². The average molecular weight is 536 g/mol. The maximum absolute atomic E-state index is 12.9. The molecule has 0 saturated heterocycles. The molecule has 1 aliphatic heterocycles. The molecular formula is C20H28F3IN6. The van der Waals surface area contributed by atoms with Crippen molar-refractivity contribution in [3.63, 3.8) is 0 Å². The second-order valence-corrected chi connectivity index (χ2v) is 7.31. The fourth-order valence-corrected chi connectivity index (χ4v) is 3.48. The van der Waals surface area contributed by atoms with Gasteiger partial charge in [0.05, 0.1) is 12.1 Å². The zero-order valence-corrected chi connectivity index (χ0v) is 19.5. The van der Waals surface area contributed by atoms with Crippen LogP contribution in [0.4, 0.5) is 13.2 Å². The number of guanidine groups is 1. The molecule has 0 saturated carbocycles. The van der Waals surface area contributed by atoms with Crippen LogP contribution in [0.15, 0.2) is 29.3 Å². The van der Waals surface area contributed by atoms with Gasteiger partial charge in [-0.05, 0) is 36.8 Å². The fraction of sp³-hybridized carbons (Fsp3) is 0.550. The van der Waals surface area contributed by atoms with Gasteiger partial charge in [-0.15, -0.1) is 34.2 Å². The molecule has 2 aromatic rings. The molecule has 1 aromatic heterocycles. The summed E-state index contributed by atoms with van der Waals surface area (Å²) in [6.45, 7) is 3.99. The van der Waals surface area contributed by atoms with Crippen LogP contribution in [0.25, 0.3) is 0 Å². The van der Waals surface area contributed by atoms with E-state index < -0.39 is 11.7 Å². The second-order valence-electron chi connectivity index (χ2n) is 7.31. The van der Waals surface area contributed by atoms with E-state index in [1.165, 1.54) is 12.1 Å². The van der Waals surface area contributed by atoms with Gasteiger partial charge in [-0.25, -0.2) is 0 Å². The molecule has 1 unspecified atom stereocenters. The van der Waals surface area contributed by atoms with E-state index in [2.05, 4.69) is 30.4 Å². The van der Waals surface area contributed by atoms with Crippen LogP contribution in [-0.2, 0) is 25.7 Å². The summed E-state index contributed by atoms with van der Waals surface area (Å²) in [5, 5.41) is 14.9. The first-order valence-electron chi connectivity index (χ1n) is 9.91. The van der Waals surface area contributed by atoms with E-state index in [1.54, 1.807) is 13.1 Å². The fourth-order valence-electron chi connectivity index (χ4n) is 3.48. The van der Waals surface area contributed by atoms with Crippen molar-refractivity contribution in [3.8, 4) is 0 Å². The van der Waals surface area contributed by atoms with Gasteiger partial charge in [-0.1, -0.05) is 25.1 Å². The van der Waals surface area contributed by atoms with Gasteiger partial charge in [0.1, 0.15) is 5.82 Å². The van der Waals surface area contributed by atoms with Crippen LogP contribution in [0.3, 0.4) is 0 Å². The molecule has 0 aliphatic carbocycles. The lowest BCUT2D eigenvalue weighted by atomic mass is 9.96. The van der Waals surface area contributed by atoms with E-state index in [1.807, 2.05) is 6.92 Å². The summed E-state index contributed by atoms with van der Waals surface area (Å²) in [5.74, 6) is 2.55. The monoisotopic (exact) mass is 536 g/mol. The van der Waals surface area contributed by atoms with Crippen LogP contribution in [-0.4, -0.2) is 34.3 Å². The van der Waals surface area contributed by atoms with E-state index in [4.69, 9.17) is 0 Å². The number of nitrogens with zero attached hydrogens (tertiary/aromatic N) is 4. The summed E-state index contributed by atoms with van der Waals surface area (Å²) in [4.78, 5) is 4.20. The van der Waals surface area contributed by atoms with Gasteiger partial charge in [-0.3, -0.25) is 4.99 Å². The predicted molar refractivity (Wildman–Crippen MR) is 121 cm³/mol. The first-order chi connectivity index (χ1) is 13.9. The molecule has 1 aliphatic rings. The molecule has 0 bridgehead atoms. The van der Waals surface area contributed by atoms with E-state index in [9.17, 15) is 13.2 Å². The number of hydrogen-bond donors (Lipinski definition) is 2. The van der Waals surface area contributed by atoms with Crippen LogP contribution in [0.1, 0.15) is 54.9 Å². The van der Waals surface area contributed by atoms with Crippen molar-refractivity contribution in [1.29, 1.82) is 0 Å². The summed E-state index contributed by atoms with van der Waals surface area (Å²) in [6.07, 6.45) is -0.381. The molecule has 3 rings (SSSR count). The number of aliphatic imine (C=N–C) groups is 1. The second kappa shape index (κ2) is 11.0. The van der Waals surface area contributed by atoms with Gasteiger partial charge in [-0.2, -0.15) is 13.2 Å². The Morgan fingerprint density at radius 3 is 2.77 bits per heavy atom. The van der Waals surface area contributed by atoms with Crippen LogP contribution in [0.5, 0.6) is 0 Å². The SMILES string of the molecule is CN=C(NCCC(C)c1cccc(C(F)(F)F)c1)NCc1nnc2n1CCCC2.I. The van der Waals surface area contributed by atoms with E-state index >= 15 is 0 Å². The molecule has 10 heteroatoms. The van der Waals surface area contributed by atoms with Crippen molar-refractivity contribution < 1.29 is 13.2 Å². The molecule has 1 aromatic carbocycles. The third kappa shape index (κ3) is 6.32. The smallest absolute Gasteiger partial charge is 0.356 e. The number of alkyl halides is 3. The largest absolute Gasteiger partial charge is 0.416 e. The molecule has 2 N–H and O–H groups in total. The zero-order valence-electron chi connectivity index (χ0n) is 17.2. The Labute approximate surface area is 191 Å². The van der Waals surface area contributed by atoms with E-state index in [0.29, 0.717) is 31.0 Å². The Balaban J connectivity index is 0.00000320. The molecule has 0 amide bonds. The standard InChI is InChI=1S/C20H27F3N6.HI/c1-14(15-6-5-7-16(12-15)20(21,22)23)9-10-25-19(24-2)26-13-18-28-27-17-8-3-4-11-29(17)18;/h5-7,12,14H,3-4,8-11,13H2,1-2H3,(H2,24,25,26);1H. The summed E-state index contributed by atoms with van der Waals surface area (Å²) in [7, 11) is 1.69. The van der Waals surface area contributed by atoms with Crippen LogP contribution in [0.2, 0.25) is 0 Å². The molecule has 30 heavy (non-hydrogen) atoms. The summed E-state index contributed by atoms with van der Waals surface area (Å²) in [6, 6.07) is 5.53. The lowest BCUT2D eigenvalue weighted by Gasteiger charge is -2.17. The lowest BCUT2D eigenvalue weighted by molar-refractivity contribution is -0.137. The quantitative estimate of drug-likeness (QED) is 0.332. The first-order valence-corrected chi connectivity index (χ1v) is 9.91. The van der Waals surface area contributed by atoms with Crippen molar-refractivity contribution >= 4 is 29.9 Å². The number of halogens is 4. The average Bonchev–Trinajstić information content (AvgIpc) is 3.13. The predicted octanol–water partition coefficient (Wildman–Crippen LogP) is 4.11. The molecule has 6 nitrogen and oxygen atoms in total. The summed E-state index contributed by atoms with van der Waals surface area (Å²) < 4.78 is 40.8. The number of rotatable bonds is 6. The van der Waals surface area contributed by atoms with Crippen molar-refractivity contribution in [1.82, 2.24) is 25.4 Å². The minimum Gasteiger partial charge on any atom is -0.356 e. The Morgan fingerprint density at radius 1 is 1.23 bits per heavy atom. The molecule has 0 fully saturated rings. The molecular weight excluding hydrogens is 508 g/mol. The summed E-state index contributed by atoms with van der Waals surface area (Å²) in [5.41, 5.74) is 0.0728. The summed E-state index contributed by atoms with van der Waals surface area (Å²) >= 11 is 0. The highest BCUT2D eigenvalue weighted by Gasteiger charge is 2.30. The zero-order chi connectivity index (χ0) is 20.9. The number of fused-ring (bicyclic) bond motifs is 1. The van der Waals surface area contributed by atoms with Crippen LogP contribution in [0, 0.1) is 0 Å². The minimum absolute atomic E-state index is 0. The highest BCUT2D eigenvalue weighted by atomic mass is 127. The Morgan fingerprint density at radius 2 is 2.03 bits per heavy atom. The first kappa shape index (κ1) is 24.4. The van der Waals surface area contributed by atoms with Gasteiger partial charge >= 0.3 is 6.18 Å². The number of nitrogens with one attached hydrogen (secondary N) is 2. The Hall–Kier alpha value is -1.85. The van der Waals surface area contributed by atoms with Crippen LogP contribution < -0.4 is 10.6 Å².